The zero-order chi connectivity index (χ0) is 15.6. The summed E-state index contributed by atoms with van der Waals surface area (Å²) in [5, 5.41) is 9.03. The topological polar surface area (TPSA) is 66.8 Å². The first kappa shape index (κ1) is 15.1. The van der Waals surface area contributed by atoms with E-state index in [0.717, 1.165) is 11.1 Å². The van der Waals surface area contributed by atoms with E-state index >= 15 is 0 Å². The second-order valence-corrected chi connectivity index (χ2v) is 5.97. The maximum absolute atomic E-state index is 12.3. The highest BCUT2D eigenvalue weighted by atomic mass is 16.6. The number of fused-ring (bicyclic) bond motifs is 1. The molecule has 2 rings (SSSR count). The van der Waals surface area contributed by atoms with Crippen LogP contribution in [0.25, 0.3) is 6.08 Å². The van der Waals surface area contributed by atoms with Crippen LogP contribution in [0.5, 0.6) is 0 Å². The summed E-state index contributed by atoms with van der Waals surface area (Å²) in [6.07, 6.45) is 0.995. The number of ether oxygens (including phenoxy) is 1. The van der Waals surface area contributed by atoms with Crippen molar-refractivity contribution in [2.24, 2.45) is 0 Å². The van der Waals surface area contributed by atoms with Crippen LogP contribution >= 0.6 is 0 Å². The van der Waals surface area contributed by atoms with Crippen molar-refractivity contribution in [3.63, 3.8) is 0 Å². The summed E-state index contributed by atoms with van der Waals surface area (Å²) >= 11 is 0. The Labute approximate surface area is 123 Å². The number of rotatable bonds is 2. The molecule has 0 aromatic heterocycles. The number of hydrogen-bond acceptors (Lipinski definition) is 3. The van der Waals surface area contributed by atoms with Crippen molar-refractivity contribution in [2.45, 2.75) is 39.3 Å². The van der Waals surface area contributed by atoms with Gasteiger partial charge >= 0.3 is 12.1 Å². The Kier molecular flexibility index (Phi) is 4.02. The summed E-state index contributed by atoms with van der Waals surface area (Å²) in [6, 6.07) is 7.60. The van der Waals surface area contributed by atoms with E-state index in [1.807, 2.05) is 24.3 Å². The molecule has 5 nitrogen and oxygen atoms in total. The predicted molar refractivity (Wildman–Crippen MR) is 78.4 cm³/mol. The molecule has 0 bridgehead atoms. The first-order chi connectivity index (χ1) is 9.76. The van der Waals surface area contributed by atoms with E-state index in [4.69, 9.17) is 9.84 Å². The number of amides is 1. The van der Waals surface area contributed by atoms with Crippen molar-refractivity contribution in [1.82, 2.24) is 4.90 Å². The molecule has 5 heteroatoms. The number of carboxylic acids is 1. The summed E-state index contributed by atoms with van der Waals surface area (Å²) in [6.45, 7) is 5.67. The Morgan fingerprint density at radius 1 is 1.29 bits per heavy atom. The molecule has 1 heterocycles. The van der Waals surface area contributed by atoms with Crippen molar-refractivity contribution in [3.05, 3.63) is 41.1 Å². The van der Waals surface area contributed by atoms with E-state index in [9.17, 15) is 9.59 Å². The lowest BCUT2D eigenvalue weighted by atomic mass is 10.0. The fourth-order valence-corrected chi connectivity index (χ4v) is 2.15. The number of carbonyl (C=O) groups is 2. The van der Waals surface area contributed by atoms with Gasteiger partial charge in [-0.25, -0.2) is 4.79 Å². The molecule has 1 N–H and O–H groups in total. The monoisotopic (exact) mass is 289 g/mol. The number of carbonyl (C=O) groups excluding carboxylic acids is 1. The van der Waals surface area contributed by atoms with E-state index in [0.29, 0.717) is 12.2 Å². The van der Waals surface area contributed by atoms with Crippen LogP contribution in [0.1, 0.15) is 38.3 Å². The molecule has 112 valence electrons. The Morgan fingerprint density at radius 3 is 2.57 bits per heavy atom. The first-order valence-electron chi connectivity index (χ1n) is 6.77. The van der Waals surface area contributed by atoms with E-state index in [2.05, 4.69) is 0 Å². The van der Waals surface area contributed by atoms with Crippen LogP contribution in [-0.2, 0) is 16.1 Å². The summed E-state index contributed by atoms with van der Waals surface area (Å²) < 4.78 is 5.36. The minimum Gasteiger partial charge on any atom is -0.481 e. The van der Waals surface area contributed by atoms with E-state index in [-0.39, 0.29) is 6.42 Å². The first-order valence-corrected chi connectivity index (χ1v) is 6.77. The molecule has 1 aliphatic rings. The predicted octanol–water partition coefficient (Wildman–Crippen LogP) is 3.25. The molecular formula is C16H19NO4. The fourth-order valence-electron chi connectivity index (χ4n) is 2.15. The SMILES string of the molecule is CC(C)(C)OC(=O)N1Cc2ccccc2C=C1CC(=O)O. The van der Waals surface area contributed by atoms with Crippen LogP contribution < -0.4 is 0 Å². The molecule has 0 unspecified atom stereocenters. The molecule has 0 saturated heterocycles. The number of nitrogens with zero attached hydrogens (tertiary/aromatic N) is 1. The van der Waals surface area contributed by atoms with Gasteiger partial charge in [0.05, 0.1) is 13.0 Å². The Hall–Kier alpha value is -2.30. The maximum atomic E-state index is 12.3. The molecule has 0 fully saturated rings. The number of aliphatic carboxylic acids is 1. The van der Waals surface area contributed by atoms with Crippen molar-refractivity contribution in [2.75, 3.05) is 0 Å². The average molecular weight is 289 g/mol. The van der Waals surface area contributed by atoms with Crippen LogP contribution in [0.3, 0.4) is 0 Å². The molecule has 1 aromatic carbocycles. The minimum atomic E-state index is -0.978. The minimum absolute atomic E-state index is 0.215. The summed E-state index contributed by atoms with van der Waals surface area (Å²) in [5.74, 6) is -0.978. The van der Waals surface area contributed by atoms with Crippen LogP contribution in [0.2, 0.25) is 0 Å². The van der Waals surface area contributed by atoms with Crippen molar-refractivity contribution in [3.8, 4) is 0 Å². The third-order valence-corrected chi connectivity index (χ3v) is 3.00. The van der Waals surface area contributed by atoms with Gasteiger partial charge in [-0.1, -0.05) is 24.3 Å². The van der Waals surface area contributed by atoms with Crippen LogP contribution in [0, 0.1) is 0 Å². The highest BCUT2D eigenvalue weighted by Gasteiger charge is 2.28. The number of carboxylic acid groups (broad SMARTS) is 1. The van der Waals surface area contributed by atoms with Crippen LogP contribution in [-0.4, -0.2) is 27.7 Å². The van der Waals surface area contributed by atoms with Crippen LogP contribution in [0.15, 0.2) is 30.0 Å². The smallest absolute Gasteiger partial charge is 0.414 e. The van der Waals surface area contributed by atoms with Crippen molar-refractivity contribution < 1.29 is 19.4 Å². The van der Waals surface area contributed by atoms with Crippen molar-refractivity contribution in [1.29, 1.82) is 0 Å². The molecule has 0 atom stereocenters. The molecule has 0 radical (unpaired) electrons. The van der Waals surface area contributed by atoms with Gasteiger partial charge in [0, 0.05) is 5.70 Å². The Balaban J connectivity index is 2.32. The second-order valence-electron chi connectivity index (χ2n) is 5.97. The lowest BCUT2D eigenvalue weighted by Gasteiger charge is -2.31. The molecule has 0 spiro atoms. The average Bonchev–Trinajstić information content (AvgIpc) is 2.35. The fraction of sp³-hybridized carbons (Fsp3) is 0.375. The van der Waals surface area contributed by atoms with E-state index in [1.54, 1.807) is 26.8 Å². The zero-order valence-corrected chi connectivity index (χ0v) is 12.4. The van der Waals surface area contributed by atoms with Gasteiger partial charge in [-0.2, -0.15) is 0 Å². The van der Waals surface area contributed by atoms with Gasteiger partial charge in [-0.05, 0) is 38.0 Å². The standard InChI is InChI=1S/C16H19NO4/c1-16(2,3)21-15(20)17-10-12-7-5-4-6-11(12)8-13(17)9-14(18)19/h4-8H,9-10H2,1-3H3,(H,18,19). The lowest BCUT2D eigenvalue weighted by molar-refractivity contribution is -0.136. The third-order valence-electron chi connectivity index (χ3n) is 3.00. The quantitative estimate of drug-likeness (QED) is 0.907. The Morgan fingerprint density at radius 2 is 1.95 bits per heavy atom. The van der Waals surface area contributed by atoms with Crippen molar-refractivity contribution >= 4 is 18.1 Å². The van der Waals surface area contributed by atoms with Gasteiger partial charge in [0.15, 0.2) is 0 Å². The van der Waals surface area contributed by atoms with Gasteiger partial charge in [0.25, 0.3) is 0 Å². The molecule has 0 saturated carbocycles. The second kappa shape index (κ2) is 5.60. The maximum Gasteiger partial charge on any atom is 0.414 e. The van der Waals surface area contributed by atoms with E-state index < -0.39 is 17.7 Å². The highest BCUT2D eigenvalue weighted by molar-refractivity contribution is 5.79. The molecule has 1 amide bonds. The molecule has 0 aliphatic carbocycles. The Bertz CT molecular complexity index is 599. The third kappa shape index (κ3) is 3.84. The molecule has 1 aromatic rings. The summed E-state index contributed by atoms with van der Waals surface area (Å²) in [4.78, 5) is 24.7. The van der Waals surface area contributed by atoms with Gasteiger partial charge in [0.1, 0.15) is 5.60 Å². The molecule has 1 aliphatic heterocycles. The van der Waals surface area contributed by atoms with Crippen LogP contribution in [0.4, 0.5) is 4.79 Å². The van der Waals surface area contributed by atoms with Gasteiger partial charge in [-0.15, -0.1) is 0 Å². The number of benzene rings is 1. The lowest BCUT2D eigenvalue weighted by Crippen LogP contribution is -2.37. The molecule has 21 heavy (non-hydrogen) atoms. The van der Waals surface area contributed by atoms with Gasteiger partial charge in [0.2, 0.25) is 0 Å². The zero-order valence-electron chi connectivity index (χ0n) is 12.4. The van der Waals surface area contributed by atoms with E-state index in [1.165, 1.54) is 4.90 Å². The summed E-state index contributed by atoms with van der Waals surface area (Å²) in [5.41, 5.74) is 1.73. The largest absolute Gasteiger partial charge is 0.481 e. The highest BCUT2D eigenvalue weighted by Crippen LogP contribution is 2.28. The normalized spacial score (nSPS) is 14.2. The van der Waals surface area contributed by atoms with Gasteiger partial charge < -0.3 is 9.84 Å². The van der Waals surface area contributed by atoms with Gasteiger partial charge in [-0.3, -0.25) is 9.69 Å². The number of hydrogen-bond donors (Lipinski definition) is 1. The summed E-state index contributed by atoms with van der Waals surface area (Å²) in [7, 11) is 0. The molecular weight excluding hydrogens is 270 g/mol.